The summed E-state index contributed by atoms with van der Waals surface area (Å²) in [6.45, 7) is 10.6. The third kappa shape index (κ3) is 10.6. The molecule has 13 heteroatoms. The van der Waals surface area contributed by atoms with Crippen molar-refractivity contribution in [3.63, 3.8) is 0 Å². The lowest BCUT2D eigenvalue weighted by atomic mass is 9.96. The van der Waals surface area contributed by atoms with Crippen molar-refractivity contribution < 1.29 is 38.5 Å². The maximum absolute atomic E-state index is 14.1. The number of aliphatic hydroxyl groups excluding tert-OH is 1. The first-order valence-electron chi connectivity index (χ1n) is 24.6. The third-order valence-electron chi connectivity index (χ3n) is 14.1. The molecule has 70 heavy (non-hydrogen) atoms. The number of hydrogen-bond acceptors (Lipinski definition) is 10. The van der Waals surface area contributed by atoms with Crippen molar-refractivity contribution >= 4 is 62.2 Å². The van der Waals surface area contributed by atoms with Crippen molar-refractivity contribution in [2.24, 2.45) is 0 Å². The molecular weight excluding hydrogens is 919 g/mol. The fourth-order valence-electron chi connectivity index (χ4n) is 10.2. The molecule has 2 N–H and O–H groups in total. The molecule has 0 aliphatic carbocycles. The van der Waals surface area contributed by atoms with E-state index >= 15 is 0 Å². The number of nitrogens with one attached hydrogen (secondary N) is 1. The molecule has 5 aromatic carbocycles. The minimum absolute atomic E-state index is 0.0330. The molecule has 2 unspecified atom stereocenters. The predicted molar refractivity (Wildman–Crippen MR) is 280 cm³/mol. The van der Waals surface area contributed by atoms with Gasteiger partial charge in [-0.15, -0.1) is 0 Å². The van der Waals surface area contributed by atoms with Crippen molar-refractivity contribution in [3.8, 4) is 17.2 Å². The highest BCUT2D eigenvalue weighted by molar-refractivity contribution is 8.77. The largest absolute Gasteiger partial charge is 0.493 e. The number of methoxy groups -OCH3 is 1. The number of Topliss-reactive ketones (excluding diaryl/α,β-unsaturated/α-hetero) is 1. The van der Waals surface area contributed by atoms with Crippen molar-refractivity contribution in [1.82, 2.24) is 0 Å². The lowest BCUT2D eigenvalue weighted by molar-refractivity contribution is -0.119. The maximum Gasteiger partial charge on any atom is 0.258 e. The Morgan fingerprint density at radius 2 is 1.43 bits per heavy atom. The lowest BCUT2D eigenvalue weighted by Crippen LogP contribution is -2.43. The second-order valence-electron chi connectivity index (χ2n) is 19.8. The van der Waals surface area contributed by atoms with Crippen LogP contribution < -0.4 is 29.3 Å². The number of para-hydroxylation sites is 2. The summed E-state index contributed by atoms with van der Waals surface area (Å²) < 4.78 is 18.7. The van der Waals surface area contributed by atoms with E-state index in [4.69, 9.17) is 14.2 Å². The normalized spacial score (nSPS) is 18.4. The number of ether oxygens (including phenoxy) is 3. The van der Waals surface area contributed by atoms with Gasteiger partial charge in [-0.1, -0.05) is 71.8 Å². The summed E-state index contributed by atoms with van der Waals surface area (Å²) in [6.07, 6.45) is 5.50. The number of benzene rings is 5. The average molecular weight is 982 g/mol. The van der Waals surface area contributed by atoms with Gasteiger partial charge in [0, 0.05) is 69.9 Å². The van der Waals surface area contributed by atoms with Crippen LogP contribution in [-0.4, -0.2) is 63.9 Å². The second-order valence-corrected chi connectivity index (χ2v) is 23.2. The molecule has 0 spiro atoms. The van der Waals surface area contributed by atoms with Gasteiger partial charge in [0.05, 0.1) is 19.3 Å². The van der Waals surface area contributed by atoms with E-state index in [1.54, 1.807) is 39.7 Å². The van der Waals surface area contributed by atoms with E-state index in [9.17, 15) is 24.3 Å². The van der Waals surface area contributed by atoms with Crippen molar-refractivity contribution in [3.05, 3.63) is 141 Å². The van der Waals surface area contributed by atoms with Gasteiger partial charge >= 0.3 is 0 Å². The molecule has 4 atom stereocenters. The van der Waals surface area contributed by atoms with E-state index in [1.807, 2.05) is 97.6 Å². The summed E-state index contributed by atoms with van der Waals surface area (Å²) in [4.78, 5) is 57.5. The third-order valence-corrected chi connectivity index (χ3v) is 18.1. The molecule has 0 aromatic heterocycles. The van der Waals surface area contributed by atoms with Crippen LogP contribution in [-0.2, 0) is 48.5 Å². The topological polar surface area (TPSA) is 135 Å². The zero-order valence-electron chi connectivity index (χ0n) is 41.0. The van der Waals surface area contributed by atoms with Crippen molar-refractivity contribution in [2.75, 3.05) is 22.2 Å². The van der Waals surface area contributed by atoms with Gasteiger partial charge < -0.3 is 34.4 Å². The zero-order chi connectivity index (χ0) is 49.3. The number of carbonyl (C=O) groups excluding carboxylic acids is 4. The Labute approximate surface area is 419 Å². The first-order valence-corrected chi connectivity index (χ1v) is 26.8. The Balaban J connectivity index is 0.931. The molecule has 0 saturated heterocycles. The molecule has 4 aliphatic rings. The highest BCUT2D eigenvalue weighted by Crippen LogP contribution is 2.44. The van der Waals surface area contributed by atoms with Crippen LogP contribution in [0.3, 0.4) is 0 Å². The molecule has 0 fully saturated rings. The standard InChI is InChI=1S/C57H63N3O8S2/c1-7-44(61)19-16-35(3)69-70-57(4,5)21-20-54(63)58-42-24-36(32-67-51-30-41-28-50(62)49-27-40-13-9-11-15-48(40)60(49)56(65)45(41)22-34(51)2)23-37(25-42)33-68-53-29-38-17-18-43-26-39-12-8-10-14-47(39)59(43)55(64)46(38)31-52(53)66-6/h8-15,22-25,29-31,35,43,49-50,62H,7,16-21,26-28,32-33H2,1-6H3,(H,58,63)/t35?,43-,49+,50?/m1/s1. The SMILES string of the molecule is CCC(=O)CCC(C)SSC(C)(C)CCC(=O)Nc1cc(COc2cc3c(cc2C)C(=O)N2c4ccccc4C[C@H]2C(O)C3)cc(COc2cc3c(cc2OC)C(=O)N2c4ccccc4C[C@H]2CC3)c1. The van der Waals surface area contributed by atoms with Gasteiger partial charge in [-0.25, -0.2) is 0 Å². The van der Waals surface area contributed by atoms with Crippen LogP contribution >= 0.6 is 21.6 Å². The van der Waals surface area contributed by atoms with Crippen LogP contribution in [0.1, 0.15) is 126 Å². The molecule has 9 rings (SSSR count). The van der Waals surface area contributed by atoms with Gasteiger partial charge in [0.15, 0.2) is 11.5 Å². The average Bonchev–Trinajstić information content (AvgIpc) is 3.87. The second kappa shape index (κ2) is 20.9. The Morgan fingerprint density at radius 1 is 0.786 bits per heavy atom. The molecule has 3 amide bonds. The molecule has 0 bridgehead atoms. The Hall–Kier alpha value is -5.76. The van der Waals surface area contributed by atoms with Crippen molar-refractivity contribution in [2.45, 2.75) is 140 Å². The van der Waals surface area contributed by atoms with Crippen LogP contribution in [0.4, 0.5) is 17.1 Å². The van der Waals surface area contributed by atoms with Crippen LogP contribution in [0.15, 0.2) is 91.0 Å². The fourth-order valence-corrected chi connectivity index (χ4v) is 12.9. The predicted octanol–water partition coefficient (Wildman–Crippen LogP) is 11.2. The molecule has 4 aliphatic heterocycles. The number of aryl methyl sites for hydroxylation is 2. The summed E-state index contributed by atoms with van der Waals surface area (Å²) >= 11 is 0. The highest BCUT2D eigenvalue weighted by atomic mass is 33.1. The van der Waals surface area contributed by atoms with Gasteiger partial charge in [-0.2, -0.15) is 0 Å². The smallest absolute Gasteiger partial charge is 0.258 e. The van der Waals surface area contributed by atoms with E-state index in [1.165, 1.54) is 5.56 Å². The summed E-state index contributed by atoms with van der Waals surface area (Å²) in [6, 6.07) is 29.0. The van der Waals surface area contributed by atoms with Gasteiger partial charge in [-0.05, 0) is 153 Å². The maximum atomic E-state index is 14.1. The van der Waals surface area contributed by atoms with Crippen LogP contribution in [0.25, 0.3) is 0 Å². The van der Waals surface area contributed by atoms with E-state index in [0.29, 0.717) is 84.3 Å². The molecule has 4 heterocycles. The zero-order valence-corrected chi connectivity index (χ0v) is 42.6. The van der Waals surface area contributed by atoms with Gasteiger partial charge in [0.25, 0.3) is 11.8 Å². The Bertz CT molecular complexity index is 2830. The van der Waals surface area contributed by atoms with E-state index in [0.717, 1.165) is 64.0 Å². The fraction of sp³-hybridized carbons (Fsp3) is 0.404. The van der Waals surface area contributed by atoms with Crippen molar-refractivity contribution in [1.29, 1.82) is 0 Å². The number of hydrogen-bond donors (Lipinski definition) is 2. The number of anilines is 3. The molecule has 0 radical (unpaired) electrons. The first kappa shape index (κ1) is 49.2. The quantitative estimate of drug-likeness (QED) is 0.0817. The van der Waals surface area contributed by atoms with E-state index in [-0.39, 0.29) is 53.5 Å². The summed E-state index contributed by atoms with van der Waals surface area (Å²) in [7, 11) is 5.11. The molecule has 5 aromatic rings. The summed E-state index contributed by atoms with van der Waals surface area (Å²) in [5, 5.41) is 14.9. The lowest BCUT2D eigenvalue weighted by Gasteiger charge is -2.26. The number of rotatable bonds is 18. The number of nitrogens with zero attached hydrogens (tertiary/aromatic N) is 2. The van der Waals surface area contributed by atoms with Crippen LogP contribution in [0.5, 0.6) is 17.2 Å². The molecule has 366 valence electrons. The minimum Gasteiger partial charge on any atom is -0.493 e. The Morgan fingerprint density at radius 3 is 2.14 bits per heavy atom. The summed E-state index contributed by atoms with van der Waals surface area (Å²) in [5.41, 5.74) is 9.88. The van der Waals surface area contributed by atoms with Gasteiger partial charge in [0.1, 0.15) is 24.7 Å². The molecule has 11 nitrogen and oxygen atoms in total. The summed E-state index contributed by atoms with van der Waals surface area (Å²) in [5.74, 6) is 1.60. The van der Waals surface area contributed by atoms with Gasteiger partial charge in [-0.3, -0.25) is 19.2 Å². The number of ketones is 1. The van der Waals surface area contributed by atoms with Crippen LogP contribution in [0.2, 0.25) is 0 Å². The molecular formula is C57H63N3O8S2. The Kier molecular flexibility index (Phi) is 14.7. The number of amides is 3. The first-order chi connectivity index (χ1) is 33.7. The monoisotopic (exact) mass is 981 g/mol. The highest BCUT2D eigenvalue weighted by Gasteiger charge is 2.42. The number of fused-ring (bicyclic) bond motifs is 8. The number of aliphatic hydroxyl groups is 1. The van der Waals surface area contributed by atoms with Crippen LogP contribution in [0, 0.1) is 6.92 Å². The number of carbonyl (C=O) groups is 4. The molecule has 0 saturated carbocycles. The van der Waals surface area contributed by atoms with E-state index < -0.39 is 6.10 Å². The minimum atomic E-state index is -0.751. The van der Waals surface area contributed by atoms with E-state index in [2.05, 4.69) is 32.2 Å². The van der Waals surface area contributed by atoms with Gasteiger partial charge in [0.2, 0.25) is 5.91 Å².